The molecule has 0 spiro atoms. The lowest BCUT2D eigenvalue weighted by atomic mass is 9.98. The van der Waals surface area contributed by atoms with Crippen molar-refractivity contribution in [3.05, 3.63) is 76.1 Å². The molecule has 0 aliphatic heterocycles. The molecule has 144 valence electrons. The third-order valence-corrected chi connectivity index (χ3v) is 4.75. The Morgan fingerprint density at radius 1 is 1.21 bits per heavy atom. The van der Waals surface area contributed by atoms with Crippen LogP contribution in [0.4, 0.5) is 10.2 Å². The van der Waals surface area contributed by atoms with Crippen molar-refractivity contribution in [2.75, 3.05) is 5.73 Å². The number of anilines is 1. The summed E-state index contributed by atoms with van der Waals surface area (Å²) in [6, 6.07) is 14.7. The molecule has 0 unspecified atom stereocenters. The van der Waals surface area contributed by atoms with Crippen molar-refractivity contribution in [1.82, 2.24) is 9.78 Å². The van der Waals surface area contributed by atoms with Gasteiger partial charge in [-0.15, -0.1) is 5.10 Å². The molecule has 2 N–H and O–H groups in total. The zero-order valence-electron chi connectivity index (χ0n) is 16.2. The van der Waals surface area contributed by atoms with E-state index in [0.29, 0.717) is 11.5 Å². The highest BCUT2D eigenvalue weighted by Gasteiger charge is 2.18. The van der Waals surface area contributed by atoms with Crippen LogP contribution in [0.1, 0.15) is 47.6 Å². The maximum absolute atomic E-state index is 13.9. The molecule has 0 atom stereocenters. The number of hydrogen-bond acceptors (Lipinski definition) is 4. The highest BCUT2D eigenvalue weighted by Crippen LogP contribution is 2.26. The normalized spacial score (nSPS) is 10.9. The molecule has 0 saturated carbocycles. The molecule has 2 aromatic carbocycles. The van der Waals surface area contributed by atoms with Gasteiger partial charge in [-0.1, -0.05) is 50.2 Å². The van der Waals surface area contributed by atoms with Gasteiger partial charge in [0.05, 0.1) is 6.54 Å². The van der Waals surface area contributed by atoms with E-state index < -0.39 is 0 Å². The van der Waals surface area contributed by atoms with Crippen LogP contribution in [0.15, 0.2) is 42.5 Å². The summed E-state index contributed by atoms with van der Waals surface area (Å²) >= 11 is 0. The minimum Gasteiger partial charge on any atom is -0.471 e. The number of ether oxygens (including phenoxy) is 1. The minimum absolute atomic E-state index is 0.123. The Kier molecular flexibility index (Phi) is 5.65. The van der Waals surface area contributed by atoms with Gasteiger partial charge in [0, 0.05) is 5.56 Å². The average Bonchev–Trinajstić information content (AvgIpc) is 2.97. The lowest BCUT2D eigenvalue weighted by Crippen LogP contribution is -2.07. The van der Waals surface area contributed by atoms with E-state index in [1.165, 1.54) is 16.3 Å². The lowest BCUT2D eigenvalue weighted by molar-refractivity contribution is 0.288. The molecular formula is C22H23FN4O. The number of nitrogens with zero attached hydrogens (tertiary/aromatic N) is 3. The first-order valence-electron chi connectivity index (χ1n) is 9.12. The molecule has 0 fully saturated rings. The number of aryl methyl sites for hydroxylation is 1. The Bertz CT molecular complexity index is 1030. The van der Waals surface area contributed by atoms with E-state index in [1.807, 2.05) is 13.0 Å². The first kappa shape index (κ1) is 19.4. The summed E-state index contributed by atoms with van der Waals surface area (Å²) in [6.07, 6.45) is 0. The first-order chi connectivity index (χ1) is 13.4. The average molecular weight is 378 g/mol. The van der Waals surface area contributed by atoms with E-state index in [-0.39, 0.29) is 36.2 Å². The van der Waals surface area contributed by atoms with Gasteiger partial charge >= 0.3 is 0 Å². The second kappa shape index (κ2) is 8.13. The number of nitriles is 1. The Balaban J connectivity index is 1.84. The topological polar surface area (TPSA) is 76.9 Å². The van der Waals surface area contributed by atoms with Crippen molar-refractivity contribution in [2.24, 2.45) is 0 Å². The highest BCUT2D eigenvalue weighted by atomic mass is 19.1. The molecule has 0 radical (unpaired) electrons. The standard InChI is InChI=1S/C22H23FN4O/c1-14(2)16-9-8-15(3)18(10-16)13-28-22-19(11-24)21(25)27(26-22)12-17-6-4-5-7-20(17)23/h4-10,14H,12-13,25H2,1-3H3. The van der Waals surface area contributed by atoms with Crippen LogP contribution in [0, 0.1) is 24.1 Å². The molecule has 5 nitrogen and oxygen atoms in total. The van der Waals surface area contributed by atoms with Crippen LogP contribution >= 0.6 is 0 Å². The van der Waals surface area contributed by atoms with Crippen molar-refractivity contribution in [1.29, 1.82) is 5.26 Å². The fourth-order valence-corrected chi connectivity index (χ4v) is 2.92. The summed E-state index contributed by atoms with van der Waals surface area (Å²) in [4.78, 5) is 0. The monoisotopic (exact) mass is 378 g/mol. The smallest absolute Gasteiger partial charge is 0.253 e. The van der Waals surface area contributed by atoms with Crippen LogP contribution < -0.4 is 10.5 Å². The number of nitrogen functional groups attached to an aromatic ring is 1. The van der Waals surface area contributed by atoms with Crippen LogP contribution in [-0.4, -0.2) is 9.78 Å². The van der Waals surface area contributed by atoms with Gasteiger partial charge < -0.3 is 10.5 Å². The van der Waals surface area contributed by atoms with Gasteiger partial charge in [0.25, 0.3) is 5.88 Å². The summed E-state index contributed by atoms with van der Waals surface area (Å²) in [7, 11) is 0. The van der Waals surface area contributed by atoms with Crippen molar-refractivity contribution >= 4 is 5.82 Å². The van der Waals surface area contributed by atoms with Crippen LogP contribution in [0.5, 0.6) is 5.88 Å². The zero-order valence-corrected chi connectivity index (χ0v) is 16.2. The van der Waals surface area contributed by atoms with E-state index in [9.17, 15) is 9.65 Å². The highest BCUT2D eigenvalue weighted by molar-refractivity contribution is 5.55. The van der Waals surface area contributed by atoms with E-state index in [0.717, 1.165) is 11.1 Å². The first-order valence-corrected chi connectivity index (χ1v) is 9.12. The number of rotatable bonds is 6. The summed E-state index contributed by atoms with van der Waals surface area (Å²) in [5.74, 6) is 0.378. The summed E-state index contributed by atoms with van der Waals surface area (Å²) < 4.78 is 21.2. The third kappa shape index (κ3) is 3.99. The van der Waals surface area contributed by atoms with E-state index in [4.69, 9.17) is 10.5 Å². The molecule has 0 aliphatic rings. The Labute approximate surface area is 164 Å². The Hall–Kier alpha value is -3.33. The number of benzene rings is 2. The predicted molar refractivity (Wildman–Crippen MR) is 106 cm³/mol. The maximum Gasteiger partial charge on any atom is 0.253 e. The molecule has 0 aliphatic carbocycles. The number of hydrogen-bond donors (Lipinski definition) is 1. The lowest BCUT2D eigenvalue weighted by Gasteiger charge is -2.11. The molecule has 3 aromatic rings. The van der Waals surface area contributed by atoms with Gasteiger partial charge in [-0.05, 0) is 35.6 Å². The van der Waals surface area contributed by atoms with Gasteiger partial charge in [-0.25, -0.2) is 9.07 Å². The third-order valence-electron chi connectivity index (χ3n) is 4.75. The second-order valence-electron chi connectivity index (χ2n) is 7.06. The molecule has 1 heterocycles. The number of halogens is 1. The largest absolute Gasteiger partial charge is 0.471 e. The van der Waals surface area contributed by atoms with Crippen LogP contribution in [0.2, 0.25) is 0 Å². The summed E-state index contributed by atoms with van der Waals surface area (Å²) in [5, 5.41) is 13.8. The van der Waals surface area contributed by atoms with E-state index in [1.54, 1.807) is 18.2 Å². The van der Waals surface area contributed by atoms with Crippen molar-refractivity contribution in [3.63, 3.8) is 0 Å². The van der Waals surface area contributed by atoms with Gasteiger partial charge in [0.2, 0.25) is 0 Å². The SMILES string of the molecule is Cc1ccc(C(C)C)cc1COc1nn(Cc2ccccc2F)c(N)c1C#N. The van der Waals surface area contributed by atoms with Crippen molar-refractivity contribution in [2.45, 2.75) is 39.8 Å². The van der Waals surface area contributed by atoms with E-state index >= 15 is 0 Å². The van der Waals surface area contributed by atoms with Gasteiger partial charge in [-0.2, -0.15) is 5.26 Å². The molecule has 0 amide bonds. The fourth-order valence-electron chi connectivity index (χ4n) is 2.92. The molecule has 0 bridgehead atoms. The molecule has 0 saturated heterocycles. The predicted octanol–water partition coefficient (Wildman–Crippen LogP) is 4.54. The molecular weight excluding hydrogens is 355 g/mol. The fraction of sp³-hybridized carbons (Fsp3) is 0.273. The van der Waals surface area contributed by atoms with Gasteiger partial charge in [-0.3, -0.25) is 0 Å². The number of aromatic nitrogens is 2. The van der Waals surface area contributed by atoms with Gasteiger partial charge in [0.15, 0.2) is 5.56 Å². The van der Waals surface area contributed by atoms with Crippen molar-refractivity contribution < 1.29 is 9.13 Å². The molecule has 1 aromatic heterocycles. The molecule has 6 heteroatoms. The minimum atomic E-state index is -0.348. The number of nitrogens with two attached hydrogens (primary N) is 1. The van der Waals surface area contributed by atoms with Crippen LogP contribution in [0.3, 0.4) is 0 Å². The summed E-state index contributed by atoms with van der Waals surface area (Å²) in [5.41, 5.74) is 9.99. The Morgan fingerprint density at radius 2 is 1.96 bits per heavy atom. The van der Waals surface area contributed by atoms with Crippen LogP contribution in [0.25, 0.3) is 0 Å². The Morgan fingerprint density at radius 3 is 2.64 bits per heavy atom. The maximum atomic E-state index is 13.9. The second-order valence-corrected chi connectivity index (χ2v) is 7.06. The summed E-state index contributed by atoms with van der Waals surface area (Å²) in [6.45, 7) is 6.68. The molecule has 28 heavy (non-hydrogen) atoms. The zero-order chi connectivity index (χ0) is 20.3. The van der Waals surface area contributed by atoms with Gasteiger partial charge in [0.1, 0.15) is 24.3 Å². The van der Waals surface area contributed by atoms with Crippen LogP contribution in [-0.2, 0) is 13.2 Å². The van der Waals surface area contributed by atoms with Crippen molar-refractivity contribution in [3.8, 4) is 11.9 Å². The molecule has 3 rings (SSSR count). The van der Waals surface area contributed by atoms with E-state index in [2.05, 4.69) is 37.1 Å². The quantitative estimate of drug-likeness (QED) is 0.683.